The predicted molar refractivity (Wildman–Crippen MR) is 120 cm³/mol. The van der Waals surface area contributed by atoms with Gasteiger partial charge in [0.25, 0.3) is 0 Å². The van der Waals surface area contributed by atoms with Gasteiger partial charge in [-0.1, -0.05) is 73.7 Å². The third-order valence-electron chi connectivity index (χ3n) is 4.85. The average Bonchev–Trinajstić information content (AvgIpc) is 2.74. The van der Waals surface area contributed by atoms with Crippen molar-refractivity contribution in [2.45, 2.75) is 40.2 Å². The van der Waals surface area contributed by atoms with Crippen LogP contribution >= 0.6 is 0 Å². The average molecular weight is 405 g/mol. The van der Waals surface area contributed by atoms with Crippen LogP contribution in [0.25, 0.3) is 6.08 Å². The van der Waals surface area contributed by atoms with E-state index in [4.69, 9.17) is 4.74 Å². The second-order valence-corrected chi connectivity index (χ2v) is 6.98. The molecule has 2 aromatic carbocycles. The fraction of sp³-hybridized carbons (Fsp3) is 0.240. The van der Waals surface area contributed by atoms with Crippen LogP contribution < -0.4 is 0 Å². The van der Waals surface area contributed by atoms with E-state index in [9.17, 15) is 14.7 Å². The van der Waals surface area contributed by atoms with E-state index in [-0.39, 0.29) is 24.3 Å². The number of carbonyl (C=O) groups is 2. The van der Waals surface area contributed by atoms with Crippen LogP contribution in [0.3, 0.4) is 0 Å². The monoisotopic (exact) mass is 405 g/mol. The number of aliphatic imine (C=N–C) groups is 1. The van der Waals surface area contributed by atoms with Gasteiger partial charge in [0.05, 0.1) is 11.3 Å². The number of aryl methyl sites for hydroxylation is 1. The van der Waals surface area contributed by atoms with Crippen molar-refractivity contribution in [3.8, 4) is 0 Å². The molecule has 0 heterocycles. The van der Waals surface area contributed by atoms with Gasteiger partial charge < -0.3 is 9.84 Å². The number of allylic oxidation sites excluding steroid dienone is 1. The highest BCUT2D eigenvalue weighted by Gasteiger charge is 2.21. The largest absolute Gasteiger partial charge is 0.478 e. The molecule has 0 fully saturated rings. The Morgan fingerprint density at radius 1 is 1.17 bits per heavy atom. The molecule has 0 aliphatic heterocycles. The topological polar surface area (TPSA) is 76.0 Å². The Bertz CT molecular complexity index is 987. The minimum absolute atomic E-state index is 0.0568. The molecule has 0 saturated carbocycles. The molecule has 2 aromatic rings. The normalized spacial score (nSPS) is 12.2. The van der Waals surface area contributed by atoms with Crippen LogP contribution in [-0.2, 0) is 22.6 Å². The van der Waals surface area contributed by atoms with Gasteiger partial charge in [-0.2, -0.15) is 4.99 Å². The number of rotatable bonds is 8. The standard InChI is InChI=1S/C25H27NO4/c1-5-17(3)23(24(27)28)22(15-21-13-12-19(6-2)14-18(21)4)26-25(29)30-16-20-10-8-7-9-11-20/h6-14H,2,5,15-16H2,1,3-4H3,(H,27,28). The van der Waals surface area contributed by atoms with Crippen molar-refractivity contribution in [3.63, 3.8) is 0 Å². The molecule has 2 rings (SSSR count). The van der Waals surface area contributed by atoms with Gasteiger partial charge in [0.15, 0.2) is 0 Å². The summed E-state index contributed by atoms with van der Waals surface area (Å²) in [7, 11) is 0. The third kappa shape index (κ3) is 6.27. The zero-order valence-electron chi connectivity index (χ0n) is 17.6. The minimum Gasteiger partial charge on any atom is -0.478 e. The fourth-order valence-corrected chi connectivity index (χ4v) is 3.00. The number of hydrogen-bond donors (Lipinski definition) is 1. The molecule has 0 atom stereocenters. The molecule has 156 valence electrons. The number of hydrogen-bond acceptors (Lipinski definition) is 3. The molecule has 0 unspecified atom stereocenters. The van der Waals surface area contributed by atoms with Crippen LogP contribution in [0.2, 0.25) is 0 Å². The Labute approximate surface area is 177 Å². The number of amides is 1. The molecule has 0 aliphatic rings. The smallest absolute Gasteiger partial charge is 0.434 e. The van der Waals surface area contributed by atoms with E-state index in [2.05, 4.69) is 11.6 Å². The van der Waals surface area contributed by atoms with E-state index in [1.54, 1.807) is 13.0 Å². The van der Waals surface area contributed by atoms with Crippen LogP contribution in [0, 0.1) is 6.92 Å². The Morgan fingerprint density at radius 3 is 2.43 bits per heavy atom. The highest BCUT2D eigenvalue weighted by Crippen LogP contribution is 2.19. The van der Waals surface area contributed by atoms with Crippen molar-refractivity contribution in [2.75, 3.05) is 0 Å². The van der Waals surface area contributed by atoms with E-state index in [1.807, 2.05) is 62.4 Å². The Balaban J connectivity index is 2.37. The van der Waals surface area contributed by atoms with Crippen LogP contribution in [0.4, 0.5) is 4.79 Å². The van der Waals surface area contributed by atoms with Crippen molar-refractivity contribution in [3.05, 3.63) is 88.5 Å². The summed E-state index contributed by atoms with van der Waals surface area (Å²) < 4.78 is 5.25. The highest BCUT2D eigenvalue weighted by molar-refractivity contribution is 6.22. The number of carbonyl (C=O) groups excluding carboxylic acids is 1. The quantitative estimate of drug-likeness (QED) is 0.447. The Hall–Kier alpha value is -3.47. The van der Waals surface area contributed by atoms with Crippen molar-refractivity contribution in [1.29, 1.82) is 0 Å². The van der Waals surface area contributed by atoms with E-state index < -0.39 is 12.1 Å². The first-order valence-electron chi connectivity index (χ1n) is 9.79. The molecule has 5 nitrogen and oxygen atoms in total. The van der Waals surface area contributed by atoms with Gasteiger partial charge in [0.2, 0.25) is 0 Å². The van der Waals surface area contributed by atoms with E-state index in [0.29, 0.717) is 12.0 Å². The summed E-state index contributed by atoms with van der Waals surface area (Å²) in [5.74, 6) is -1.11. The number of benzene rings is 2. The number of nitrogens with zero attached hydrogens (tertiary/aromatic N) is 1. The summed E-state index contributed by atoms with van der Waals surface area (Å²) in [5, 5.41) is 9.79. The number of aliphatic carboxylic acids is 1. The molecule has 5 heteroatoms. The molecule has 0 bridgehead atoms. The number of ether oxygens (including phenoxy) is 1. The summed E-state index contributed by atoms with van der Waals surface area (Å²) in [6.07, 6.45) is 1.68. The lowest BCUT2D eigenvalue weighted by Crippen LogP contribution is -2.19. The van der Waals surface area contributed by atoms with Crippen molar-refractivity contribution >= 4 is 23.9 Å². The first-order valence-corrected chi connectivity index (χ1v) is 9.79. The SMILES string of the molecule is C=Cc1ccc(CC(=NC(=O)OCc2ccccc2)C(C(=O)O)=C(C)CC)c(C)c1. The molecular weight excluding hydrogens is 378 g/mol. The predicted octanol–water partition coefficient (Wildman–Crippen LogP) is 5.77. The van der Waals surface area contributed by atoms with Gasteiger partial charge in [-0.3, -0.25) is 0 Å². The summed E-state index contributed by atoms with van der Waals surface area (Å²) in [4.78, 5) is 28.4. The molecule has 0 saturated heterocycles. The minimum atomic E-state index is -1.11. The first-order chi connectivity index (χ1) is 14.3. The van der Waals surface area contributed by atoms with Gasteiger partial charge in [0, 0.05) is 6.42 Å². The second-order valence-electron chi connectivity index (χ2n) is 6.98. The summed E-state index contributed by atoms with van der Waals surface area (Å²) in [6, 6.07) is 15.0. The third-order valence-corrected chi connectivity index (χ3v) is 4.85. The molecule has 1 amide bonds. The van der Waals surface area contributed by atoms with Crippen molar-refractivity contribution in [2.24, 2.45) is 4.99 Å². The van der Waals surface area contributed by atoms with Gasteiger partial charge >= 0.3 is 12.1 Å². The maximum atomic E-state index is 12.4. The molecular formula is C25H27NO4. The van der Waals surface area contributed by atoms with E-state index >= 15 is 0 Å². The maximum Gasteiger partial charge on any atom is 0.434 e. The van der Waals surface area contributed by atoms with Gasteiger partial charge in [-0.05, 0) is 42.5 Å². The summed E-state index contributed by atoms with van der Waals surface area (Å²) >= 11 is 0. The zero-order valence-corrected chi connectivity index (χ0v) is 17.6. The van der Waals surface area contributed by atoms with Crippen LogP contribution in [0.15, 0.2) is 71.2 Å². The lowest BCUT2D eigenvalue weighted by molar-refractivity contribution is -0.132. The van der Waals surface area contributed by atoms with Gasteiger partial charge in [-0.25, -0.2) is 9.59 Å². The van der Waals surface area contributed by atoms with Crippen LogP contribution in [0.5, 0.6) is 0 Å². The molecule has 30 heavy (non-hydrogen) atoms. The Kier molecular flexibility index (Phi) is 8.29. The van der Waals surface area contributed by atoms with Crippen LogP contribution in [-0.4, -0.2) is 22.9 Å². The lowest BCUT2D eigenvalue weighted by atomic mass is 9.94. The Morgan fingerprint density at radius 2 is 1.87 bits per heavy atom. The summed E-state index contributed by atoms with van der Waals surface area (Å²) in [5.41, 5.74) is 4.55. The molecule has 0 spiro atoms. The number of carboxylic acid groups (broad SMARTS) is 1. The van der Waals surface area contributed by atoms with E-state index in [1.165, 1.54) is 0 Å². The lowest BCUT2D eigenvalue weighted by Gasteiger charge is -2.13. The van der Waals surface area contributed by atoms with Gasteiger partial charge in [0.1, 0.15) is 6.61 Å². The van der Waals surface area contributed by atoms with Crippen molar-refractivity contribution in [1.82, 2.24) is 0 Å². The molecule has 0 radical (unpaired) electrons. The molecule has 0 aliphatic carbocycles. The second kappa shape index (κ2) is 10.9. The highest BCUT2D eigenvalue weighted by atomic mass is 16.5. The zero-order chi connectivity index (χ0) is 22.1. The van der Waals surface area contributed by atoms with E-state index in [0.717, 1.165) is 22.3 Å². The fourth-order valence-electron chi connectivity index (χ4n) is 3.00. The molecule has 0 aromatic heterocycles. The summed E-state index contributed by atoms with van der Waals surface area (Å²) in [6.45, 7) is 9.38. The maximum absolute atomic E-state index is 12.4. The molecule has 1 N–H and O–H groups in total. The number of carboxylic acids is 1. The van der Waals surface area contributed by atoms with Gasteiger partial charge in [-0.15, -0.1) is 0 Å². The van der Waals surface area contributed by atoms with Crippen LogP contribution in [0.1, 0.15) is 42.5 Å². The first kappa shape index (κ1) is 22.8. The van der Waals surface area contributed by atoms with Crippen molar-refractivity contribution < 1.29 is 19.4 Å².